The summed E-state index contributed by atoms with van der Waals surface area (Å²) in [6.07, 6.45) is 5.20. The number of benzene rings is 1. The highest BCUT2D eigenvalue weighted by Crippen LogP contribution is 2.28. The van der Waals surface area contributed by atoms with Crippen molar-refractivity contribution in [2.45, 2.75) is 45.2 Å². The molecule has 0 amide bonds. The molecule has 0 spiro atoms. The number of halogens is 1. The Morgan fingerprint density at radius 2 is 2.00 bits per heavy atom. The van der Waals surface area contributed by atoms with E-state index in [0.29, 0.717) is 6.04 Å². The Bertz CT molecular complexity index is 550. The number of hydrogen-bond acceptors (Lipinski definition) is 3. The van der Waals surface area contributed by atoms with E-state index >= 15 is 0 Å². The maximum absolute atomic E-state index is 5.69. The molecule has 2 aliphatic rings. The molecule has 1 aliphatic heterocycles. The summed E-state index contributed by atoms with van der Waals surface area (Å²) in [5, 5.41) is 6.75. The first-order valence-electron chi connectivity index (χ1n) is 10.2. The molecule has 0 bridgehead atoms. The molecule has 1 saturated carbocycles. The fourth-order valence-electron chi connectivity index (χ4n) is 3.44. The molecule has 6 heteroatoms. The zero-order valence-electron chi connectivity index (χ0n) is 16.5. The highest BCUT2D eigenvalue weighted by atomic mass is 127. The summed E-state index contributed by atoms with van der Waals surface area (Å²) in [6.45, 7) is 8.54. The minimum Gasteiger partial charge on any atom is -0.379 e. The number of nitrogens with one attached hydrogen (secondary N) is 2. The number of guanidine groups is 1. The molecule has 1 aromatic carbocycles. The molecule has 5 nitrogen and oxygen atoms in total. The van der Waals surface area contributed by atoms with Gasteiger partial charge in [0.15, 0.2) is 5.96 Å². The summed E-state index contributed by atoms with van der Waals surface area (Å²) in [6, 6.07) is 11.3. The molecule has 27 heavy (non-hydrogen) atoms. The van der Waals surface area contributed by atoms with Gasteiger partial charge in [-0.1, -0.05) is 30.3 Å². The third-order valence-electron chi connectivity index (χ3n) is 5.12. The van der Waals surface area contributed by atoms with E-state index in [2.05, 4.69) is 52.8 Å². The number of ether oxygens (including phenoxy) is 1. The molecule has 1 aliphatic carbocycles. The average molecular weight is 486 g/mol. The molecule has 152 valence electrons. The summed E-state index contributed by atoms with van der Waals surface area (Å²) in [4.78, 5) is 7.40. The van der Waals surface area contributed by atoms with Crippen molar-refractivity contribution in [3.8, 4) is 0 Å². The van der Waals surface area contributed by atoms with Gasteiger partial charge in [-0.05, 0) is 50.6 Å². The first kappa shape index (κ1) is 22.4. The number of likely N-dealkylation sites (tertiary alicyclic amines) is 1. The predicted octanol–water partition coefficient (Wildman–Crippen LogP) is 3.25. The van der Waals surface area contributed by atoms with Crippen molar-refractivity contribution < 1.29 is 4.74 Å². The third-order valence-corrected chi connectivity index (χ3v) is 5.12. The number of hydrogen-bond donors (Lipinski definition) is 2. The van der Waals surface area contributed by atoms with E-state index in [1.165, 1.54) is 37.8 Å². The second-order valence-electron chi connectivity index (χ2n) is 7.42. The Hall–Kier alpha value is -0.860. The lowest BCUT2D eigenvalue weighted by Crippen LogP contribution is -2.40. The van der Waals surface area contributed by atoms with Crippen LogP contribution in [0.1, 0.15) is 38.2 Å². The maximum Gasteiger partial charge on any atom is 0.191 e. The fourth-order valence-corrected chi connectivity index (χ4v) is 3.44. The summed E-state index contributed by atoms with van der Waals surface area (Å²) in [5.41, 5.74) is 1.39. The quantitative estimate of drug-likeness (QED) is 0.231. The van der Waals surface area contributed by atoms with Crippen LogP contribution in [0.15, 0.2) is 35.3 Å². The second-order valence-corrected chi connectivity index (χ2v) is 7.42. The van der Waals surface area contributed by atoms with Crippen LogP contribution in [-0.2, 0) is 11.3 Å². The van der Waals surface area contributed by atoms with E-state index in [1.54, 1.807) is 0 Å². The summed E-state index contributed by atoms with van der Waals surface area (Å²) >= 11 is 0. The largest absolute Gasteiger partial charge is 0.379 e. The van der Waals surface area contributed by atoms with Crippen molar-refractivity contribution in [3.63, 3.8) is 0 Å². The highest BCUT2D eigenvalue weighted by Gasteiger charge is 2.24. The number of aliphatic imine (C=N–C) groups is 1. The van der Waals surface area contributed by atoms with Gasteiger partial charge in [-0.25, -0.2) is 0 Å². The van der Waals surface area contributed by atoms with Crippen molar-refractivity contribution in [1.82, 2.24) is 15.5 Å². The lowest BCUT2D eigenvalue weighted by molar-refractivity contribution is 0.129. The number of rotatable bonds is 10. The van der Waals surface area contributed by atoms with Crippen LogP contribution in [0, 0.1) is 5.92 Å². The average Bonchev–Trinajstić information content (AvgIpc) is 3.39. The molecule has 1 aromatic rings. The Morgan fingerprint density at radius 1 is 1.19 bits per heavy atom. The van der Waals surface area contributed by atoms with Crippen LogP contribution in [0.5, 0.6) is 0 Å². The molecule has 2 fully saturated rings. The van der Waals surface area contributed by atoms with Crippen molar-refractivity contribution >= 4 is 29.9 Å². The van der Waals surface area contributed by atoms with Gasteiger partial charge in [-0.2, -0.15) is 0 Å². The normalized spacial score (nSPS) is 20.3. The van der Waals surface area contributed by atoms with Crippen LogP contribution in [0.25, 0.3) is 0 Å². The van der Waals surface area contributed by atoms with Crippen molar-refractivity contribution in [2.24, 2.45) is 10.9 Å². The first-order chi connectivity index (χ1) is 12.8. The molecule has 3 rings (SSSR count). The van der Waals surface area contributed by atoms with E-state index in [-0.39, 0.29) is 24.0 Å². The Morgan fingerprint density at radius 3 is 2.74 bits per heavy atom. The Kier molecular flexibility index (Phi) is 10.4. The summed E-state index contributed by atoms with van der Waals surface area (Å²) < 4.78 is 5.69. The van der Waals surface area contributed by atoms with E-state index in [0.717, 1.165) is 51.3 Å². The standard InChI is InChI=1S/C21H34N4O.HI/c1-2-22-21(23-12-14-26-17-19-10-11-19)24-15-20-9-6-13-25(20)16-18-7-4-3-5-8-18;/h3-5,7-8,19-20H,2,6,9-17H2,1H3,(H2,22,23,24);1H. The lowest BCUT2D eigenvalue weighted by atomic mass is 10.2. The van der Waals surface area contributed by atoms with E-state index in [1.807, 2.05) is 0 Å². The molecular weight excluding hydrogens is 451 g/mol. The van der Waals surface area contributed by atoms with Gasteiger partial charge in [0.2, 0.25) is 0 Å². The number of nitrogens with zero attached hydrogens (tertiary/aromatic N) is 2. The third kappa shape index (κ3) is 8.35. The van der Waals surface area contributed by atoms with Gasteiger partial charge in [-0.15, -0.1) is 24.0 Å². The predicted molar refractivity (Wildman–Crippen MR) is 123 cm³/mol. The van der Waals surface area contributed by atoms with Crippen LogP contribution < -0.4 is 10.6 Å². The van der Waals surface area contributed by atoms with Crippen LogP contribution in [0.2, 0.25) is 0 Å². The zero-order valence-corrected chi connectivity index (χ0v) is 18.9. The Labute approximate surface area is 181 Å². The van der Waals surface area contributed by atoms with Gasteiger partial charge in [0.1, 0.15) is 0 Å². The highest BCUT2D eigenvalue weighted by molar-refractivity contribution is 14.0. The van der Waals surface area contributed by atoms with E-state index < -0.39 is 0 Å². The molecule has 0 aromatic heterocycles. The molecule has 1 unspecified atom stereocenters. The maximum atomic E-state index is 5.69. The minimum absolute atomic E-state index is 0. The van der Waals surface area contributed by atoms with Gasteiger partial charge in [0, 0.05) is 32.3 Å². The Balaban J connectivity index is 0.00000261. The van der Waals surface area contributed by atoms with Crippen molar-refractivity contribution in [3.05, 3.63) is 35.9 Å². The van der Waals surface area contributed by atoms with Crippen LogP contribution >= 0.6 is 24.0 Å². The lowest BCUT2D eigenvalue weighted by Gasteiger charge is -2.23. The van der Waals surface area contributed by atoms with Gasteiger partial charge in [-0.3, -0.25) is 9.89 Å². The molecule has 1 saturated heterocycles. The summed E-state index contributed by atoms with van der Waals surface area (Å²) in [5.74, 6) is 1.74. The molecule has 2 N–H and O–H groups in total. The van der Waals surface area contributed by atoms with Gasteiger partial charge in [0.05, 0.1) is 13.2 Å². The van der Waals surface area contributed by atoms with Crippen molar-refractivity contribution in [1.29, 1.82) is 0 Å². The van der Waals surface area contributed by atoms with E-state index in [4.69, 9.17) is 9.73 Å². The van der Waals surface area contributed by atoms with E-state index in [9.17, 15) is 0 Å². The van der Waals surface area contributed by atoms with Crippen LogP contribution in [0.4, 0.5) is 0 Å². The van der Waals surface area contributed by atoms with Crippen LogP contribution in [-0.4, -0.2) is 56.3 Å². The molecule has 1 heterocycles. The molecule has 1 atom stereocenters. The minimum atomic E-state index is 0. The van der Waals surface area contributed by atoms with Gasteiger partial charge in [0.25, 0.3) is 0 Å². The first-order valence-corrected chi connectivity index (χ1v) is 10.2. The molecular formula is C21H35IN4O. The van der Waals surface area contributed by atoms with Gasteiger partial charge < -0.3 is 15.4 Å². The van der Waals surface area contributed by atoms with Gasteiger partial charge >= 0.3 is 0 Å². The monoisotopic (exact) mass is 486 g/mol. The SMILES string of the molecule is CCNC(=NCC1CCCN1Cc1ccccc1)NCCOCC1CC1.I. The van der Waals surface area contributed by atoms with Crippen LogP contribution in [0.3, 0.4) is 0 Å². The zero-order chi connectivity index (χ0) is 18.0. The topological polar surface area (TPSA) is 48.9 Å². The smallest absolute Gasteiger partial charge is 0.191 e. The van der Waals surface area contributed by atoms with Crippen molar-refractivity contribution in [2.75, 3.05) is 39.4 Å². The molecule has 0 radical (unpaired) electrons. The fraction of sp³-hybridized carbons (Fsp3) is 0.667. The summed E-state index contributed by atoms with van der Waals surface area (Å²) in [7, 11) is 0. The second kappa shape index (κ2) is 12.6.